The van der Waals surface area contributed by atoms with Crippen LogP contribution < -0.4 is 14.4 Å². The van der Waals surface area contributed by atoms with Crippen molar-refractivity contribution in [3.63, 3.8) is 0 Å². The molecule has 1 fully saturated rings. The molecule has 0 spiro atoms. The van der Waals surface area contributed by atoms with E-state index in [9.17, 15) is 4.39 Å². The third kappa shape index (κ3) is 4.04. The number of hydrogen-bond donors (Lipinski definition) is 0. The molecule has 0 N–H and O–H groups in total. The Labute approximate surface area is 148 Å². The number of anilines is 1. The van der Waals surface area contributed by atoms with Crippen molar-refractivity contribution >= 4 is 28.3 Å². The van der Waals surface area contributed by atoms with Crippen LogP contribution in [0.15, 0.2) is 36.5 Å². The molecule has 1 aliphatic rings. The number of halogens is 2. The molecule has 0 unspecified atom stereocenters. The molecule has 6 heteroatoms. The normalized spacial score (nSPS) is 15.5. The summed E-state index contributed by atoms with van der Waals surface area (Å²) >= 11 is 2.21. The van der Waals surface area contributed by atoms with E-state index >= 15 is 0 Å². The van der Waals surface area contributed by atoms with E-state index in [1.165, 1.54) is 6.07 Å². The van der Waals surface area contributed by atoms with Crippen molar-refractivity contribution in [1.82, 2.24) is 4.98 Å². The zero-order valence-electron chi connectivity index (χ0n) is 12.8. The van der Waals surface area contributed by atoms with Crippen molar-refractivity contribution in [2.75, 3.05) is 25.1 Å². The van der Waals surface area contributed by atoms with Gasteiger partial charge in [-0.1, -0.05) is 0 Å². The summed E-state index contributed by atoms with van der Waals surface area (Å²) < 4.78 is 26.2. The molecule has 0 aliphatic carbocycles. The number of rotatable bonds is 4. The third-order valence-corrected chi connectivity index (χ3v) is 4.56. The quantitative estimate of drug-likeness (QED) is 0.693. The predicted molar refractivity (Wildman–Crippen MR) is 95.8 cm³/mol. The first-order chi connectivity index (χ1) is 11.2. The molecule has 0 radical (unpaired) electrons. The summed E-state index contributed by atoms with van der Waals surface area (Å²) in [5, 5.41) is 0. The summed E-state index contributed by atoms with van der Waals surface area (Å²) in [5.41, 5.74) is 0.593. The largest absolute Gasteiger partial charge is 0.497 e. The molecular formula is C17H18FIN2O2. The first-order valence-corrected chi connectivity index (χ1v) is 8.60. The molecule has 1 aromatic heterocycles. The second kappa shape index (κ2) is 7.33. The standard InChI is InChI=1S/C17H18FIN2O2/c1-22-14-3-4-15(18)16(10-14)21-8-6-13(7-9-21)23-17-5-2-12(19)11-20-17/h2-5,10-11,13H,6-9H2,1H3. The van der Waals surface area contributed by atoms with Gasteiger partial charge in [0.25, 0.3) is 0 Å². The average Bonchev–Trinajstić information content (AvgIpc) is 2.58. The lowest BCUT2D eigenvalue weighted by Gasteiger charge is -2.33. The van der Waals surface area contributed by atoms with Gasteiger partial charge in [-0.05, 0) is 40.8 Å². The number of piperidine rings is 1. The molecule has 1 aromatic carbocycles. The minimum absolute atomic E-state index is 0.118. The third-order valence-electron chi connectivity index (χ3n) is 3.92. The highest BCUT2D eigenvalue weighted by Gasteiger charge is 2.23. The van der Waals surface area contributed by atoms with Crippen LogP contribution in [0.3, 0.4) is 0 Å². The highest BCUT2D eigenvalue weighted by atomic mass is 127. The lowest BCUT2D eigenvalue weighted by Crippen LogP contribution is -2.38. The van der Waals surface area contributed by atoms with Crippen molar-refractivity contribution in [3.8, 4) is 11.6 Å². The maximum Gasteiger partial charge on any atom is 0.213 e. The molecule has 0 bridgehead atoms. The van der Waals surface area contributed by atoms with Crippen LogP contribution in [0.1, 0.15) is 12.8 Å². The zero-order chi connectivity index (χ0) is 16.2. The van der Waals surface area contributed by atoms with Crippen LogP contribution in [0.4, 0.5) is 10.1 Å². The van der Waals surface area contributed by atoms with E-state index in [1.54, 1.807) is 25.4 Å². The van der Waals surface area contributed by atoms with Gasteiger partial charge in [-0.3, -0.25) is 0 Å². The van der Waals surface area contributed by atoms with E-state index in [0.717, 1.165) is 29.5 Å². The second-order valence-electron chi connectivity index (χ2n) is 5.44. The first kappa shape index (κ1) is 16.3. The number of pyridine rings is 1. The Bertz CT molecular complexity index is 658. The van der Waals surface area contributed by atoms with Crippen molar-refractivity contribution < 1.29 is 13.9 Å². The number of methoxy groups -OCH3 is 1. The van der Waals surface area contributed by atoms with Gasteiger partial charge in [-0.25, -0.2) is 9.37 Å². The number of benzene rings is 1. The molecule has 2 aromatic rings. The van der Waals surface area contributed by atoms with Crippen LogP contribution in [-0.2, 0) is 0 Å². The van der Waals surface area contributed by atoms with Crippen molar-refractivity contribution in [1.29, 1.82) is 0 Å². The van der Waals surface area contributed by atoms with Gasteiger partial charge < -0.3 is 14.4 Å². The summed E-state index contributed by atoms with van der Waals surface area (Å²) in [7, 11) is 1.59. The molecule has 0 saturated carbocycles. The monoisotopic (exact) mass is 428 g/mol. The van der Waals surface area contributed by atoms with Gasteiger partial charge in [-0.2, -0.15) is 0 Å². The van der Waals surface area contributed by atoms with Crippen LogP contribution in [0, 0.1) is 9.39 Å². The number of ether oxygens (including phenoxy) is 2. The fraction of sp³-hybridized carbons (Fsp3) is 0.353. The van der Waals surface area contributed by atoms with E-state index in [4.69, 9.17) is 9.47 Å². The summed E-state index contributed by atoms with van der Waals surface area (Å²) in [6.07, 6.45) is 3.58. The van der Waals surface area contributed by atoms with Gasteiger partial charge in [0.1, 0.15) is 17.7 Å². The van der Waals surface area contributed by atoms with Crippen LogP contribution >= 0.6 is 22.6 Å². The molecule has 23 heavy (non-hydrogen) atoms. The lowest BCUT2D eigenvalue weighted by molar-refractivity contribution is 0.163. The zero-order valence-corrected chi connectivity index (χ0v) is 15.0. The summed E-state index contributed by atoms with van der Waals surface area (Å²) in [6, 6.07) is 8.69. The maximum absolute atomic E-state index is 14.0. The number of hydrogen-bond acceptors (Lipinski definition) is 4. The molecule has 1 saturated heterocycles. The minimum atomic E-state index is -0.218. The van der Waals surface area contributed by atoms with Gasteiger partial charge in [0.2, 0.25) is 5.88 Å². The van der Waals surface area contributed by atoms with Gasteiger partial charge >= 0.3 is 0 Å². The summed E-state index contributed by atoms with van der Waals surface area (Å²) in [5.74, 6) is 1.10. The van der Waals surface area contributed by atoms with Crippen molar-refractivity contribution in [3.05, 3.63) is 45.9 Å². The van der Waals surface area contributed by atoms with Gasteiger partial charge in [0.15, 0.2) is 0 Å². The fourth-order valence-electron chi connectivity index (χ4n) is 2.68. The van der Waals surface area contributed by atoms with E-state index in [-0.39, 0.29) is 11.9 Å². The average molecular weight is 428 g/mol. The minimum Gasteiger partial charge on any atom is -0.497 e. The fourth-order valence-corrected chi connectivity index (χ4v) is 3.00. The highest BCUT2D eigenvalue weighted by Crippen LogP contribution is 2.28. The molecule has 4 nitrogen and oxygen atoms in total. The van der Waals surface area contributed by atoms with Crippen molar-refractivity contribution in [2.24, 2.45) is 0 Å². The van der Waals surface area contributed by atoms with Crippen LogP contribution in [0.25, 0.3) is 0 Å². The van der Waals surface area contributed by atoms with Gasteiger partial charge in [-0.15, -0.1) is 0 Å². The molecule has 0 atom stereocenters. The van der Waals surface area contributed by atoms with Gasteiger partial charge in [0.05, 0.1) is 12.8 Å². The van der Waals surface area contributed by atoms with E-state index < -0.39 is 0 Å². The first-order valence-electron chi connectivity index (χ1n) is 7.52. The van der Waals surface area contributed by atoms with Crippen LogP contribution in [-0.4, -0.2) is 31.3 Å². The number of aromatic nitrogens is 1. The highest BCUT2D eigenvalue weighted by molar-refractivity contribution is 14.1. The second-order valence-corrected chi connectivity index (χ2v) is 6.68. The molecule has 2 heterocycles. The Hall–Kier alpha value is -1.57. The Morgan fingerprint density at radius 1 is 1.22 bits per heavy atom. The summed E-state index contributed by atoms with van der Waals surface area (Å²) in [4.78, 5) is 6.31. The van der Waals surface area contributed by atoms with E-state index in [1.807, 2.05) is 17.0 Å². The van der Waals surface area contributed by atoms with Gasteiger partial charge in [0, 0.05) is 47.8 Å². The van der Waals surface area contributed by atoms with E-state index in [0.29, 0.717) is 17.3 Å². The molecule has 0 amide bonds. The Morgan fingerprint density at radius 3 is 2.65 bits per heavy atom. The molecular weight excluding hydrogens is 410 g/mol. The predicted octanol–water partition coefficient (Wildman–Crippen LogP) is 3.88. The smallest absolute Gasteiger partial charge is 0.213 e. The SMILES string of the molecule is COc1ccc(F)c(N2CCC(Oc3ccc(I)cn3)CC2)c1. The molecule has 122 valence electrons. The Balaban J connectivity index is 1.61. The van der Waals surface area contributed by atoms with Crippen LogP contribution in [0.5, 0.6) is 11.6 Å². The lowest BCUT2D eigenvalue weighted by atomic mass is 10.1. The number of nitrogens with zero attached hydrogens (tertiary/aromatic N) is 2. The maximum atomic E-state index is 14.0. The topological polar surface area (TPSA) is 34.6 Å². The Kier molecular flexibility index (Phi) is 5.20. The molecule has 1 aliphatic heterocycles. The molecule has 3 rings (SSSR count). The Morgan fingerprint density at radius 2 is 2.00 bits per heavy atom. The summed E-state index contributed by atoms with van der Waals surface area (Å²) in [6.45, 7) is 1.50. The van der Waals surface area contributed by atoms with E-state index in [2.05, 4.69) is 27.6 Å². The van der Waals surface area contributed by atoms with Crippen LogP contribution in [0.2, 0.25) is 0 Å². The van der Waals surface area contributed by atoms with Crippen molar-refractivity contribution in [2.45, 2.75) is 18.9 Å².